The molecule has 6 aromatic carbocycles. The molecule has 2 aliphatic rings. The molecule has 0 atom stereocenters. The molecule has 1 heteroatoms. The van der Waals surface area contributed by atoms with Gasteiger partial charge in [-0.15, -0.1) is 0 Å². The SMILES string of the molecule is C=C/C(=C\C(=C)c1c2c(c(C(=C)c3cc4c(cc3C3=Cc5ccccc5C3(C)C)oc3ccccc34)c3ccccc13)=CCCC=2)c1ccccc1. The van der Waals surface area contributed by atoms with Gasteiger partial charge in [-0.25, -0.2) is 0 Å². The van der Waals surface area contributed by atoms with Gasteiger partial charge >= 0.3 is 0 Å². The minimum absolute atomic E-state index is 0.206. The molecule has 52 heavy (non-hydrogen) atoms. The van der Waals surface area contributed by atoms with Crippen LogP contribution in [0.5, 0.6) is 0 Å². The Bertz CT molecular complexity index is 2850. The highest BCUT2D eigenvalue weighted by atomic mass is 16.3. The summed E-state index contributed by atoms with van der Waals surface area (Å²) in [5, 5.41) is 7.02. The van der Waals surface area contributed by atoms with Gasteiger partial charge in [-0.1, -0.05) is 149 Å². The first-order valence-corrected chi connectivity index (χ1v) is 18.2. The monoisotopic (exact) mass is 668 g/mol. The van der Waals surface area contributed by atoms with Crippen molar-refractivity contribution < 1.29 is 4.42 Å². The van der Waals surface area contributed by atoms with Crippen molar-refractivity contribution in [1.29, 1.82) is 0 Å². The van der Waals surface area contributed by atoms with Gasteiger partial charge in [0.1, 0.15) is 11.2 Å². The van der Waals surface area contributed by atoms with E-state index in [-0.39, 0.29) is 5.41 Å². The maximum atomic E-state index is 6.52. The molecule has 0 unspecified atom stereocenters. The first-order valence-electron chi connectivity index (χ1n) is 18.2. The summed E-state index contributed by atoms with van der Waals surface area (Å²) in [7, 11) is 0. The summed E-state index contributed by atoms with van der Waals surface area (Å²) in [6.07, 6.45) is 13.2. The summed E-state index contributed by atoms with van der Waals surface area (Å²) < 4.78 is 6.52. The van der Waals surface area contributed by atoms with Crippen LogP contribution in [0.15, 0.2) is 152 Å². The Morgan fingerprint density at radius 1 is 0.673 bits per heavy atom. The molecule has 7 aromatic rings. The van der Waals surface area contributed by atoms with Crippen molar-refractivity contribution in [2.75, 3.05) is 0 Å². The van der Waals surface area contributed by atoms with Crippen molar-refractivity contribution in [1.82, 2.24) is 0 Å². The topological polar surface area (TPSA) is 13.1 Å². The van der Waals surface area contributed by atoms with Crippen molar-refractivity contribution in [2.45, 2.75) is 32.1 Å². The fourth-order valence-corrected chi connectivity index (χ4v) is 8.65. The van der Waals surface area contributed by atoms with Crippen molar-refractivity contribution in [3.63, 3.8) is 0 Å². The van der Waals surface area contributed by atoms with E-state index in [9.17, 15) is 0 Å². The van der Waals surface area contributed by atoms with E-state index < -0.39 is 0 Å². The number of rotatable bonds is 7. The molecule has 1 aromatic heterocycles. The largest absolute Gasteiger partial charge is 0.456 e. The molecule has 1 heterocycles. The lowest BCUT2D eigenvalue weighted by atomic mass is 9.75. The van der Waals surface area contributed by atoms with E-state index >= 15 is 0 Å². The van der Waals surface area contributed by atoms with E-state index in [1.54, 1.807) is 0 Å². The van der Waals surface area contributed by atoms with Crippen LogP contribution < -0.4 is 10.4 Å². The summed E-state index contributed by atoms with van der Waals surface area (Å²) >= 11 is 0. The van der Waals surface area contributed by atoms with Gasteiger partial charge < -0.3 is 4.42 Å². The van der Waals surface area contributed by atoms with Gasteiger partial charge in [0, 0.05) is 16.2 Å². The van der Waals surface area contributed by atoms with Crippen molar-refractivity contribution in [3.05, 3.63) is 197 Å². The van der Waals surface area contributed by atoms with Crippen molar-refractivity contribution >= 4 is 73.2 Å². The second-order valence-electron chi connectivity index (χ2n) is 14.5. The van der Waals surface area contributed by atoms with E-state index in [4.69, 9.17) is 17.6 Å². The fraction of sp³-hybridized carbons (Fsp3) is 0.0980. The second-order valence-corrected chi connectivity index (χ2v) is 14.5. The lowest BCUT2D eigenvalue weighted by molar-refractivity contribution is 0.668. The Morgan fingerprint density at radius 2 is 1.31 bits per heavy atom. The van der Waals surface area contributed by atoms with Crippen LogP contribution >= 0.6 is 0 Å². The Kier molecular flexibility index (Phi) is 7.49. The quantitative estimate of drug-likeness (QED) is 0.154. The Hall–Kier alpha value is -6.18. The average Bonchev–Trinajstić information content (AvgIpc) is 3.68. The summed E-state index contributed by atoms with van der Waals surface area (Å²) in [5.74, 6) is 0. The van der Waals surface area contributed by atoms with Gasteiger partial charge in [0.15, 0.2) is 0 Å². The predicted molar refractivity (Wildman–Crippen MR) is 224 cm³/mol. The Labute approximate surface area is 305 Å². The van der Waals surface area contributed by atoms with Crippen LogP contribution in [0.25, 0.3) is 73.2 Å². The van der Waals surface area contributed by atoms with Gasteiger partial charge in [-0.05, 0) is 126 Å². The second kappa shape index (κ2) is 12.2. The van der Waals surface area contributed by atoms with Crippen molar-refractivity contribution in [3.8, 4) is 0 Å². The van der Waals surface area contributed by atoms with Gasteiger partial charge in [-0.2, -0.15) is 0 Å². The molecule has 2 aliphatic carbocycles. The van der Waals surface area contributed by atoms with Crippen LogP contribution in [0.4, 0.5) is 0 Å². The number of fused-ring (bicyclic) bond motifs is 6. The number of hydrogen-bond acceptors (Lipinski definition) is 1. The molecule has 0 saturated heterocycles. The lowest BCUT2D eigenvalue weighted by Gasteiger charge is -2.27. The third kappa shape index (κ3) is 4.92. The highest BCUT2D eigenvalue weighted by Crippen LogP contribution is 2.49. The standard InChI is InChI=1S/C51H40O/c1-6-34(35-18-8-7-9-19-35)28-32(2)49-38-22-11-13-24-40(38)50(41-25-14-12-23-39(41)49)33(3)42-30-44-37-21-15-17-27-47(37)52-48(44)31-43(42)46-29-36-20-10-16-26-45(36)51(46,4)5/h6-11,13,15-31H,1-3,12,14H2,4-5H3/b34-28+. The molecule has 0 amide bonds. The number of benzene rings is 6. The first kappa shape index (κ1) is 31.8. The number of allylic oxidation sites excluding steroid dienone is 5. The maximum Gasteiger partial charge on any atom is 0.136 e. The minimum atomic E-state index is -0.206. The summed E-state index contributed by atoms with van der Waals surface area (Å²) in [6.45, 7) is 18.5. The average molecular weight is 669 g/mol. The third-order valence-electron chi connectivity index (χ3n) is 11.2. The third-order valence-corrected chi connectivity index (χ3v) is 11.2. The van der Waals surface area contributed by atoms with Crippen LogP contribution in [0.2, 0.25) is 0 Å². The maximum absolute atomic E-state index is 6.52. The summed E-state index contributed by atoms with van der Waals surface area (Å²) in [6, 6.07) is 40.9. The Morgan fingerprint density at radius 3 is 2.04 bits per heavy atom. The van der Waals surface area contributed by atoms with Gasteiger partial charge in [0.25, 0.3) is 0 Å². The smallest absolute Gasteiger partial charge is 0.136 e. The zero-order chi connectivity index (χ0) is 35.6. The van der Waals surface area contributed by atoms with Crippen molar-refractivity contribution in [2.24, 2.45) is 0 Å². The highest BCUT2D eigenvalue weighted by Gasteiger charge is 2.35. The molecule has 9 rings (SSSR count). The summed E-state index contributed by atoms with van der Waals surface area (Å²) in [5.41, 5.74) is 14.2. The molecule has 0 spiro atoms. The lowest BCUT2D eigenvalue weighted by Crippen LogP contribution is -2.34. The zero-order valence-corrected chi connectivity index (χ0v) is 29.8. The van der Waals surface area contributed by atoms with Crippen LogP contribution in [0.3, 0.4) is 0 Å². The highest BCUT2D eigenvalue weighted by molar-refractivity contribution is 6.11. The van der Waals surface area contributed by atoms with E-state index in [0.717, 1.165) is 68.2 Å². The zero-order valence-electron chi connectivity index (χ0n) is 29.8. The van der Waals surface area contributed by atoms with Gasteiger partial charge in [-0.3, -0.25) is 0 Å². The van der Waals surface area contributed by atoms with Gasteiger partial charge in [0.05, 0.1) is 0 Å². The Balaban J connectivity index is 1.31. The van der Waals surface area contributed by atoms with Crippen LogP contribution in [-0.4, -0.2) is 0 Å². The summed E-state index contributed by atoms with van der Waals surface area (Å²) in [4.78, 5) is 0. The molecule has 0 bridgehead atoms. The van der Waals surface area contributed by atoms with E-state index in [2.05, 4.69) is 148 Å². The number of para-hydroxylation sites is 1. The van der Waals surface area contributed by atoms with E-state index in [1.807, 2.05) is 18.2 Å². The van der Waals surface area contributed by atoms with Crippen LogP contribution in [0.1, 0.15) is 65.6 Å². The molecule has 0 aliphatic heterocycles. The predicted octanol–water partition coefficient (Wildman–Crippen LogP) is 12.3. The molecule has 250 valence electrons. The fourth-order valence-electron chi connectivity index (χ4n) is 8.65. The van der Waals surface area contributed by atoms with E-state index in [1.165, 1.54) is 49.0 Å². The number of furan rings is 1. The van der Waals surface area contributed by atoms with Crippen LogP contribution in [-0.2, 0) is 5.41 Å². The first-order chi connectivity index (χ1) is 25.3. The van der Waals surface area contributed by atoms with Gasteiger partial charge in [0.2, 0.25) is 0 Å². The molecular weight excluding hydrogens is 629 g/mol. The molecular formula is C51H40O. The molecule has 1 nitrogen and oxygen atoms in total. The molecule has 0 radical (unpaired) electrons. The molecule has 0 N–H and O–H groups in total. The minimum Gasteiger partial charge on any atom is -0.456 e. The molecule has 0 saturated carbocycles. The van der Waals surface area contributed by atoms with Crippen LogP contribution in [0, 0.1) is 0 Å². The number of hydrogen-bond donors (Lipinski definition) is 0. The molecule has 0 fully saturated rings. The normalized spacial score (nSPS) is 14.7. The van der Waals surface area contributed by atoms with E-state index in [0.29, 0.717) is 0 Å².